The smallest absolute Gasteiger partial charge is 0.256 e. The van der Waals surface area contributed by atoms with E-state index in [9.17, 15) is 18.8 Å². The van der Waals surface area contributed by atoms with Crippen molar-refractivity contribution in [2.75, 3.05) is 10.6 Å². The van der Waals surface area contributed by atoms with E-state index in [1.54, 1.807) is 55.5 Å². The van der Waals surface area contributed by atoms with E-state index in [0.29, 0.717) is 17.8 Å². The summed E-state index contributed by atoms with van der Waals surface area (Å²) < 4.78 is 13.1. The molecule has 2 N–H and O–H groups in total. The Bertz CT molecular complexity index is 1060. The van der Waals surface area contributed by atoms with Crippen LogP contribution in [0.1, 0.15) is 39.6 Å². The van der Waals surface area contributed by atoms with E-state index in [2.05, 4.69) is 10.6 Å². The van der Waals surface area contributed by atoms with Gasteiger partial charge in [-0.15, -0.1) is 0 Å². The molecule has 0 aliphatic carbocycles. The summed E-state index contributed by atoms with van der Waals surface area (Å²) in [6, 6.07) is 18.3. The molecule has 2 amide bonds. The number of benzene rings is 3. The first-order chi connectivity index (χ1) is 14.0. The summed E-state index contributed by atoms with van der Waals surface area (Å²) in [5.41, 5.74) is 1.74. The highest BCUT2D eigenvalue weighted by Gasteiger charge is 2.18. The molecule has 0 spiro atoms. The predicted molar refractivity (Wildman–Crippen MR) is 110 cm³/mol. The van der Waals surface area contributed by atoms with E-state index in [1.165, 1.54) is 24.3 Å². The predicted octanol–water partition coefficient (Wildman–Crippen LogP) is 4.66. The van der Waals surface area contributed by atoms with Crippen molar-refractivity contribution in [3.63, 3.8) is 0 Å². The zero-order valence-corrected chi connectivity index (χ0v) is 15.7. The van der Waals surface area contributed by atoms with Gasteiger partial charge in [-0.2, -0.15) is 0 Å². The van der Waals surface area contributed by atoms with Crippen molar-refractivity contribution in [3.05, 3.63) is 95.3 Å². The second kappa shape index (κ2) is 8.93. The largest absolute Gasteiger partial charge is 0.326 e. The van der Waals surface area contributed by atoms with Crippen molar-refractivity contribution < 1.29 is 18.8 Å². The lowest BCUT2D eigenvalue weighted by atomic mass is 9.98. The number of nitrogens with one attached hydrogen (secondary N) is 2. The maximum absolute atomic E-state index is 13.1. The zero-order valence-electron chi connectivity index (χ0n) is 15.7. The number of carbonyl (C=O) groups excluding carboxylic acids is 3. The highest BCUT2D eigenvalue weighted by atomic mass is 19.1. The van der Waals surface area contributed by atoms with Crippen LogP contribution in [0.5, 0.6) is 0 Å². The summed E-state index contributed by atoms with van der Waals surface area (Å²) in [5.74, 6) is -1.42. The number of halogens is 1. The monoisotopic (exact) mass is 390 g/mol. The van der Waals surface area contributed by atoms with Crippen LogP contribution in [0, 0.1) is 5.82 Å². The molecule has 0 unspecified atom stereocenters. The van der Waals surface area contributed by atoms with Gasteiger partial charge in [0.25, 0.3) is 5.91 Å². The Morgan fingerprint density at radius 2 is 1.41 bits per heavy atom. The van der Waals surface area contributed by atoms with Crippen LogP contribution in [-0.2, 0) is 4.79 Å². The normalized spacial score (nSPS) is 10.3. The molecule has 0 aliphatic rings. The molecule has 0 radical (unpaired) electrons. The summed E-state index contributed by atoms with van der Waals surface area (Å²) in [6.45, 7) is 1.75. The Balaban J connectivity index is 1.84. The molecule has 0 atom stereocenters. The summed E-state index contributed by atoms with van der Waals surface area (Å²) in [5, 5.41) is 5.47. The zero-order chi connectivity index (χ0) is 20.8. The summed E-state index contributed by atoms with van der Waals surface area (Å²) in [6.07, 6.45) is 0.343. The second-order valence-corrected chi connectivity index (χ2v) is 6.32. The highest BCUT2D eigenvalue weighted by molar-refractivity contribution is 6.17. The maximum Gasteiger partial charge on any atom is 0.256 e. The van der Waals surface area contributed by atoms with Crippen molar-refractivity contribution in [1.82, 2.24) is 0 Å². The number of amides is 2. The van der Waals surface area contributed by atoms with E-state index in [1.807, 2.05) is 0 Å². The van der Waals surface area contributed by atoms with Gasteiger partial charge in [-0.1, -0.05) is 31.2 Å². The molecule has 3 aromatic rings. The van der Waals surface area contributed by atoms with E-state index >= 15 is 0 Å². The van der Waals surface area contributed by atoms with Gasteiger partial charge in [-0.3, -0.25) is 14.4 Å². The lowest BCUT2D eigenvalue weighted by Gasteiger charge is -2.11. The molecule has 0 fully saturated rings. The molecule has 6 heteroatoms. The van der Waals surface area contributed by atoms with Crippen molar-refractivity contribution >= 4 is 29.0 Å². The summed E-state index contributed by atoms with van der Waals surface area (Å²) >= 11 is 0. The molecule has 3 rings (SSSR count). The van der Waals surface area contributed by atoms with Crippen LogP contribution in [-0.4, -0.2) is 17.6 Å². The first kappa shape index (κ1) is 19.9. The van der Waals surface area contributed by atoms with Crippen molar-refractivity contribution in [1.29, 1.82) is 0 Å². The summed E-state index contributed by atoms with van der Waals surface area (Å²) in [7, 11) is 0. The van der Waals surface area contributed by atoms with Gasteiger partial charge in [-0.05, 0) is 48.5 Å². The minimum atomic E-state index is -0.463. The highest BCUT2D eigenvalue weighted by Crippen LogP contribution is 2.19. The Kier molecular flexibility index (Phi) is 6.14. The van der Waals surface area contributed by atoms with Crippen LogP contribution in [0.3, 0.4) is 0 Å². The third-order valence-corrected chi connectivity index (χ3v) is 4.25. The maximum atomic E-state index is 13.1. The lowest BCUT2D eigenvalue weighted by Crippen LogP contribution is -2.17. The average Bonchev–Trinajstić information content (AvgIpc) is 2.74. The van der Waals surface area contributed by atoms with E-state index in [-0.39, 0.29) is 28.4 Å². The molecule has 5 nitrogen and oxygen atoms in total. The quantitative estimate of drug-likeness (QED) is 0.601. The van der Waals surface area contributed by atoms with Crippen LogP contribution in [0.2, 0.25) is 0 Å². The van der Waals surface area contributed by atoms with Crippen LogP contribution in [0.25, 0.3) is 0 Å². The molecule has 0 saturated carbocycles. The second-order valence-electron chi connectivity index (χ2n) is 6.32. The van der Waals surface area contributed by atoms with Crippen LogP contribution >= 0.6 is 0 Å². The first-order valence-corrected chi connectivity index (χ1v) is 9.08. The van der Waals surface area contributed by atoms with Crippen LogP contribution in [0.4, 0.5) is 15.8 Å². The Hall–Kier alpha value is -3.80. The molecular weight excluding hydrogens is 371 g/mol. The van der Waals surface area contributed by atoms with Gasteiger partial charge in [0.1, 0.15) is 5.82 Å². The number of hydrogen-bond donors (Lipinski definition) is 2. The lowest BCUT2D eigenvalue weighted by molar-refractivity contribution is -0.115. The number of carbonyl (C=O) groups is 3. The van der Waals surface area contributed by atoms with E-state index in [0.717, 1.165) is 0 Å². The van der Waals surface area contributed by atoms with Crippen molar-refractivity contribution in [3.8, 4) is 0 Å². The van der Waals surface area contributed by atoms with Crippen molar-refractivity contribution in [2.24, 2.45) is 0 Å². The fraction of sp³-hybridized carbons (Fsp3) is 0.0870. The molecular formula is C23H19FN2O3. The molecule has 29 heavy (non-hydrogen) atoms. The number of hydrogen-bond acceptors (Lipinski definition) is 3. The standard InChI is InChI=1S/C23H19FN2O3/c1-2-21(27)25-17-6-5-7-18(14-17)26-23(29)20-9-4-3-8-19(20)22(28)15-10-12-16(24)13-11-15/h3-14H,2H2,1H3,(H,25,27)(H,26,29). The van der Waals surface area contributed by atoms with Gasteiger partial charge < -0.3 is 10.6 Å². The molecule has 0 aliphatic heterocycles. The number of rotatable bonds is 6. The molecule has 0 aromatic heterocycles. The van der Waals surface area contributed by atoms with Gasteiger partial charge >= 0.3 is 0 Å². The molecule has 0 bridgehead atoms. The fourth-order valence-corrected chi connectivity index (χ4v) is 2.76. The number of ketones is 1. The molecule has 0 heterocycles. The first-order valence-electron chi connectivity index (χ1n) is 9.08. The van der Waals surface area contributed by atoms with Crippen molar-refractivity contribution in [2.45, 2.75) is 13.3 Å². The molecule has 0 saturated heterocycles. The van der Waals surface area contributed by atoms with Gasteiger partial charge in [0, 0.05) is 28.9 Å². The van der Waals surface area contributed by atoms with E-state index < -0.39 is 11.7 Å². The Labute approximate surface area is 167 Å². The topological polar surface area (TPSA) is 75.3 Å². The summed E-state index contributed by atoms with van der Waals surface area (Å²) in [4.78, 5) is 37.1. The molecule has 3 aromatic carbocycles. The fourth-order valence-electron chi connectivity index (χ4n) is 2.76. The average molecular weight is 390 g/mol. The van der Waals surface area contributed by atoms with Crippen LogP contribution in [0.15, 0.2) is 72.8 Å². The third kappa shape index (κ3) is 4.93. The van der Waals surface area contributed by atoms with Gasteiger partial charge in [0.15, 0.2) is 5.78 Å². The SMILES string of the molecule is CCC(=O)Nc1cccc(NC(=O)c2ccccc2C(=O)c2ccc(F)cc2)c1. The Morgan fingerprint density at radius 3 is 2.07 bits per heavy atom. The minimum Gasteiger partial charge on any atom is -0.326 e. The van der Waals surface area contributed by atoms with Gasteiger partial charge in [-0.25, -0.2) is 4.39 Å². The minimum absolute atomic E-state index is 0.135. The van der Waals surface area contributed by atoms with Gasteiger partial charge in [0.2, 0.25) is 5.91 Å². The Morgan fingerprint density at radius 1 is 0.793 bits per heavy atom. The van der Waals surface area contributed by atoms with Gasteiger partial charge in [0.05, 0.1) is 5.56 Å². The third-order valence-electron chi connectivity index (χ3n) is 4.25. The van der Waals surface area contributed by atoms with E-state index in [4.69, 9.17) is 0 Å². The van der Waals surface area contributed by atoms with Crippen LogP contribution < -0.4 is 10.6 Å². The molecule has 146 valence electrons. The number of anilines is 2.